The number of fused-ring (bicyclic) bond motifs is 1. The van der Waals surface area contributed by atoms with Crippen LogP contribution in [0.3, 0.4) is 0 Å². The Labute approximate surface area is 181 Å². The molecule has 0 aliphatic carbocycles. The van der Waals surface area contributed by atoms with E-state index in [-0.39, 0.29) is 5.91 Å². The zero-order valence-corrected chi connectivity index (χ0v) is 18.1. The van der Waals surface area contributed by atoms with Crippen LogP contribution in [0.15, 0.2) is 60.8 Å². The maximum atomic E-state index is 12.6. The van der Waals surface area contributed by atoms with Crippen molar-refractivity contribution in [3.05, 3.63) is 83.3 Å². The zero-order chi connectivity index (χ0) is 21.8. The summed E-state index contributed by atoms with van der Waals surface area (Å²) in [5.41, 5.74) is 5.88. The number of rotatable bonds is 7. The van der Waals surface area contributed by atoms with Crippen LogP contribution >= 0.6 is 0 Å². The first-order chi connectivity index (χ1) is 15.0. The second kappa shape index (κ2) is 9.00. The summed E-state index contributed by atoms with van der Waals surface area (Å²) in [6.45, 7) is 4.69. The van der Waals surface area contributed by atoms with Gasteiger partial charge in [0.2, 0.25) is 5.91 Å². The van der Waals surface area contributed by atoms with Crippen LogP contribution in [-0.4, -0.2) is 27.6 Å². The number of imidazole rings is 1. The highest BCUT2D eigenvalue weighted by Gasteiger charge is 2.14. The quantitative estimate of drug-likeness (QED) is 0.477. The predicted octanol–water partition coefficient (Wildman–Crippen LogP) is 4.68. The third-order valence-corrected chi connectivity index (χ3v) is 5.54. The molecular formula is C25H26N4O2. The minimum atomic E-state index is -0.0234. The first-order valence-electron chi connectivity index (χ1n) is 10.3. The molecule has 4 rings (SSSR count). The molecule has 0 atom stereocenters. The predicted molar refractivity (Wildman–Crippen MR) is 122 cm³/mol. The molecule has 0 radical (unpaired) electrons. The molecule has 0 aliphatic heterocycles. The second-order valence-corrected chi connectivity index (χ2v) is 7.60. The number of benzene rings is 2. The van der Waals surface area contributed by atoms with Crippen LogP contribution in [-0.2, 0) is 17.8 Å². The van der Waals surface area contributed by atoms with Crippen molar-refractivity contribution in [2.24, 2.45) is 0 Å². The number of aryl methyl sites for hydroxylation is 2. The molecule has 158 valence electrons. The minimum Gasteiger partial charge on any atom is -0.497 e. The molecule has 1 N–H and O–H groups in total. The number of aromatic nitrogens is 3. The van der Waals surface area contributed by atoms with Crippen LogP contribution in [0.5, 0.6) is 5.75 Å². The van der Waals surface area contributed by atoms with Crippen LogP contribution in [0.2, 0.25) is 0 Å². The Bertz CT molecular complexity index is 1210. The van der Waals surface area contributed by atoms with Gasteiger partial charge in [-0.25, -0.2) is 9.97 Å². The normalized spacial score (nSPS) is 10.9. The van der Waals surface area contributed by atoms with E-state index in [9.17, 15) is 4.79 Å². The van der Waals surface area contributed by atoms with Gasteiger partial charge in [-0.1, -0.05) is 24.3 Å². The highest BCUT2D eigenvalue weighted by Crippen LogP contribution is 2.21. The van der Waals surface area contributed by atoms with Crippen molar-refractivity contribution >= 4 is 22.8 Å². The fourth-order valence-corrected chi connectivity index (χ4v) is 3.60. The number of amides is 1. The molecule has 0 fully saturated rings. The summed E-state index contributed by atoms with van der Waals surface area (Å²) in [4.78, 5) is 21.9. The number of carbonyl (C=O) groups excluding carboxylic acids is 1. The monoisotopic (exact) mass is 414 g/mol. The van der Waals surface area contributed by atoms with E-state index in [0.29, 0.717) is 19.4 Å². The molecule has 0 unspecified atom stereocenters. The lowest BCUT2D eigenvalue weighted by Crippen LogP contribution is -2.15. The largest absolute Gasteiger partial charge is 0.497 e. The Morgan fingerprint density at radius 1 is 1.06 bits per heavy atom. The highest BCUT2D eigenvalue weighted by molar-refractivity contribution is 5.91. The fourth-order valence-electron chi connectivity index (χ4n) is 3.60. The SMILES string of the molecule is COc1ccc(Cn2c(CCC(=O)Nc3cccc(C)c3C)nc3cccnc32)cc1. The lowest BCUT2D eigenvalue weighted by atomic mass is 10.1. The van der Waals surface area contributed by atoms with E-state index in [1.807, 2.05) is 68.4 Å². The van der Waals surface area contributed by atoms with Gasteiger partial charge in [0.1, 0.15) is 17.1 Å². The molecule has 2 aromatic carbocycles. The number of nitrogens with one attached hydrogen (secondary N) is 1. The number of carbonyl (C=O) groups is 1. The number of anilines is 1. The van der Waals surface area contributed by atoms with Crippen molar-refractivity contribution in [3.8, 4) is 5.75 Å². The standard InChI is InChI=1S/C25H26N4O2/c1-17-6-4-7-21(18(17)2)28-24(30)14-13-23-27-22-8-5-15-26-25(22)29(23)16-19-9-11-20(31-3)12-10-19/h4-12,15H,13-14,16H2,1-3H3,(H,28,30). The van der Waals surface area contributed by atoms with Crippen LogP contribution < -0.4 is 10.1 Å². The van der Waals surface area contributed by atoms with Gasteiger partial charge in [-0.05, 0) is 60.9 Å². The van der Waals surface area contributed by atoms with Gasteiger partial charge in [0.25, 0.3) is 0 Å². The molecule has 4 aromatic rings. The highest BCUT2D eigenvalue weighted by atomic mass is 16.5. The van der Waals surface area contributed by atoms with Crippen molar-refractivity contribution in [1.82, 2.24) is 14.5 Å². The van der Waals surface area contributed by atoms with Crippen molar-refractivity contribution in [1.29, 1.82) is 0 Å². The van der Waals surface area contributed by atoms with Crippen molar-refractivity contribution < 1.29 is 9.53 Å². The Kier molecular flexibility index (Phi) is 5.98. The summed E-state index contributed by atoms with van der Waals surface area (Å²) >= 11 is 0. The molecule has 31 heavy (non-hydrogen) atoms. The summed E-state index contributed by atoms with van der Waals surface area (Å²) < 4.78 is 7.34. The van der Waals surface area contributed by atoms with Gasteiger partial charge < -0.3 is 14.6 Å². The van der Waals surface area contributed by atoms with E-state index < -0.39 is 0 Å². The van der Waals surface area contributed by atoms with Gasteiger partial charge in [0.15, 0.2) is 5.65 Å². The van der Waals surface area contributed by atoms with E-state index in [2.05, 4.69) is 14.9 Å². The van der Waals surface area contributed by atoms with Crippen molar-refractivity contribution in [3.63, 3.8) is 0 Å². The van der Waals surface area contributed by atoms with E-state index in [1.54, 1.807) is 13.3 Å². The molecule has 1 amide bonds. The molecule has 0 spiro atoms. The summed E-state index contributed by atoms with van der Waals surface area (Å²) in [6, 6.07) is 17.7. The molecule has 6 nitrogen and oxygen atoms in total. The molecule has 2 heterocycles. The van der Waals surface area contributed by atoms with Gasteiger partial charge in [0, 0.05) is 24.7 Å². The minimum absolute atomic E-state index is 0.0234. The number of nitrogens with zero attached hydrogens (tertiary/aromatic N) is 3. The van der Waals surface area contributed by atoms with Gasteiger partial charge in [-0.2, -0.15) is 0 Å². The smallest absolute Gasteiger partial charge is 0.224 e. The average Bonchev–Trinajstić information content (AvgIpc) is 3.13. The average molecular weight is 415 g/mol. The molecule has 2 aromatic heterocycles. The maximum Gasteiger partial charge on any atom is 0.224 e. The Morgan fingerprint density at radius 3 is 2.65 bits per heavy atom. The molecule has 0 saturated heterocycles. The van der Waals surface area contributed by atoms with Gasteiger partial charge in [-0.15, -0.1) is 0 Å². The van der Waals surface area contributed by atoms with E-state index in [0.717, 1.165) is 45.1 Å². The summed E-state index contributed by atoms with van der Waals surface area (Å²) in [6.07, 6.45) is 2.65. The molecule has 0 saturated carbocycles. The van der Waals surface area contributed by atoms with Gasteiger partial charge >= 0.3 is 0 Å². The van der Waals surface area contributed by atoms with Crippen LogP contribution in [0, 0.1) is 13.8 Å². The first-order valence-corrected chi connectivity index (χ1v) is 10.3. The van der Waals surface area contributed by atoms with Gasteiger partial charge in [-0.3, -0.25) is 4.79 Å². The third kappa shape index (κ3) is 4.58. The number of methoxy groups -OCH3 is 1. The van der Waals surface area contributed by atoms with E-state index in [1.165, 1.54) is 0 Å². The van der Waals surface area contributed by atoms with Crippen molar-refractivity contribution in [2.45, 2.75) is 33.2 Å². The summed E-state index contributed by atoms with van der Waals surface area (Å²) in [5.74, 6) is 1.64. The fraction of sp³-hybridized carbons (Fsp3) is 0.240. The second-order valence-electron chi connectivity index (χ2n) is 7.60. The summed E-state index contributed by atoms with van der Waals surface area (Å²) in [5, 5.41) is 3.03. The Hall–Kier alpha value is -3.67. The van der Waals surface area contributed by atoms with Crippen molar-refractivity contribution in [2.75, 3.05) is 12.4 Å². The van der Waals surface area contributed by atoms with Crippen LogP contribution in [0.4, 0.5) is 5.69 Å². The van der Waals surface area contributed by atoms with E-state index >= 15 is 0 Å². The van der Waals surface area contributed by atoms with Crippen LogP contribution in [0.25, 0.3) is 11.2 Å². The number of hydrogen-bond donors (Lipinski definition) is 1. The topological polar surface area (TPSA) is 69.0 Å². The zero-order valence-electron chi connectivity index (χ0n) is 18.1. The lowest BCUT2D eigenvalue weighted by molar-refractivity contribution is -0.116. The number of ether oxygens (including phenoxy) is 1. The van der Waals surface area contributed by atoms with E-state index in [4.69, 9.17) is 9.72 Å². The molecule has 0 aliphatic rings. The number of hydrogen-bond acceptors (Lipinski definition) is 4. The maximum absolute atomic E-state index is 12.6. The number of pyridine rings is 1. The molecule has 0 bridgehead atoms. The summed E-state index contributed by atoms with van der Waals surface area (Å²) in [7, 11) is 1.66. The Morgan fingerprint density at radius 2 is 1.87 bits per heavy atom. The van der Waals surface area contributed by atoms with Gasteiger partial charge in [0.05, 0.1) is 13.7 Å². The lowest BCUT2D eigenvalue weighted by Gasteiger charge is -2.11. The van der Waals surface area contributed by atoms with Crippen LogP contribution in [0.1, 0.15) is 28.9 Å². The Balaban J connectivity index is 1.53. The molecular weight excluding hydrogens is 388 g/mol. The first kappa shape index (κ1) is 20.6. The third-order valence-electron chi connectivity index (χ3n) is 5.54. The molecule has 6 heteroatoms.